The lowest BCUT2D eigenvalue weighted by molar-refractivity contribution is 0.447. The van der Waals surface area contributed by atoms with Crippen molar-refractivity contribution in [2.45, 2.75) is 33.1 Å². The second-order valence-electron chi connectivity index (χ2n) is 4.87. The first-order valence-electron chi connectivity index (χ1n) is 5.89. The Morgan fingerprint density at radius 3 is 2.44 bits per heavy atom. The first-order chi connectivity index (χ1) is 7.56. The first-order valence-corrected chi connectivity index (χ1v) is 5.89. The lowest BCUT2D eigenvalue weighted by Gasteiger charge is -2.13. The van der Waals surface area contributed by atoms with Crippen molar-refractivity contribution in [3.05, 3.63) is 41.5 Å². The van der Waals surface area contributed by atoms with E-state index < -0.39 is 0 Å². The average Bonchev–Trinajstić information content (AvgIpc) is 2.26. The van der Waals surface area contributed by atoms with E-state index in [0.29, 0.717) is 5.92 Å². The van der Waals surface area contributed by atoms with Gasteiger partial charge >= 0.3 is 0 Å². The van der Waals surface area contributed by atoms with Crippen LogP contribution in [0, 0.1) is 5.92 Å². The highest BCUT2D eigenvalue weighted by Gasteiger charge is 2.08. The normalized spacial score (nSPS) is 12.8. The predicted molar refractivity (Wildman–Crippen MR) is 69.5 cm³/mol. The van der Waals surface area contributed by atoms with E-state index in [4.69, 9.17) is 0 Å². The molecule has 0 aromatic heterocycles. The standard InChI is InChI=1S/C15H21F/c1-5-13-7-14(6-11(2)3)9-15(8-13)12(4)10-16/h5,7-9,11-12H,1,6,10H2,2-4H3. The second kappa shape index (κ2) is 5.83. The summed E-state index contributed by atoms with van der Waals surface area (Å²) in [6, 6.07) is 6.29. The highest BCUT2D eigenvalue weighted by Crippen LogP contribution is 2.21. The SMILES string of the molecule is C=Cc1cc(CC(C)C)cc(C(C)CF)c1. The molecule has 0 aliphatic rings. The van der Waals surface area contributed by atoms with Gasteiger partial charge in [0.15, 0.2) is 0 Å². The Kier molecular flexibility index (Phi) is 4.72. The maximum Gasteiger partial charge on any atom is 0.0960 e. The molecule has 88 valence electrons. The molecule has 0 radical (unpaired) electrons. The lowest BCUT2D eigenvalue weighted by Crippen LogP contribution is -2.00. The van der Waals surface area contributed by atoms with Gasteiger partial charge < -0.3 is 0 Å². The Bertz CT molecular complexity index is 352. The van der Waals surface area contributed by atoms with E-state index in [-0.39, 0.29) is 12.6 Å². The van der Waals surface area contributed by atoms with Crippen LogP contribution >= 0.6 is 0 Å². The largest absolute Gasteiger partial charge is 0.250 e. The minimum atomic E-state index is -0.304. The predicted octanol–water partition coefficient (Wildman–Crippen LogP) is 4.60. The average molecular weight is 220 g/mol. The molecule has 0 spiro atoms. The molecule has 0 saturated carbocycles. The fourth-order valence-electron chi connectivity index (χ4n) is 1.83. The summed E-state index contributed by atoms with van der Waals surface area (Å²) in [5.74, 6) is 0.597. The zero-order valence-electron chi connectivity index (χ0n) is 10.5. The van der Waals surface area contributed by atoms with E-state index in [2.05, 4.69) is 32.6 Å². The monoisotopic (exact) mass is 220 g/mol. The molecule has 0 bridgehead atoms. The summed E-state index contributed by atoms with van der Waals surface area (Å²) in [7, 11) is 0. The van der Waals surface area contributed by atoms with Gasteiger partial charge in [-0.25, -0.2) is 0 Å². The quantitative estimate of drug-likeness (QED) is 0.680. The Labute approximate surface area is 98.2 Å². The zero-order chi connectivity index (χ0) is 12.1. The van der Waals surface area contributed by atoms with E-state index in [1.54, 1.807) is 0 Å². The van der Waals surface area contributed by atoms with Crippen LogP contribution in [0.15, 0.2) is 24.8 Å². The molecule has 0 heterocycles. The number of halogens is 1. The van der Waals surface area contributed by atoms with Gasteiger partial charge in [-0.15, -0.1) is 0 Å². The minimum absolute atomic E-state index is 0.0224. The van der Waals surface area contributed by atoms with E-state index in [0.717, 1.165) is 17.5 Å². The highest BCUT2D eigenvalue weighted by atomic mass is 19.1. The van der Waals surface area contributed by atoms with Crippen LogP contribution in [-0.2, 0) is 6.42 Å². The van der Waals surface area contributed by atoms with Crippen LogP contribution in [0.1, 0.15) is 43.4 Å². The van der Waals surface area contributed by atoms with Gasteiger partial charge in [-0.05, 0) is 29.0 Å². The first kappa shape index (κ1) is 13.0. The number of hydrogen-bond donors (Lipinski definition) is 0. The van der Waals surface area contributed by atoms with Gasteiger partial charge in [0.25, 0.3) is 0 Å². The molecule has 16 heavy (non-hydrogen) atoms. The maximum atomic E-state index is 12.7. The molecule has 0 amide bonds. The van der Waals surface area contributed by atoms with Gasteiger partial charge in [0, 0.05) is 5.92 Å². The lowest BCUT2D eigenvalue weighted by atomic mass is 9.93. The van der Waals surface area contributed by atoms with E-state index in [9.17, 15) is 4.39 Å². The molecule has 0 nitrogen and oxygen atoms in total. The van der Waals surface area contributed by atoms with Gasteiger partial charge in [0.05, 0.1) is 6.67 Å². The van der Waals surface area contributed by atoms with E-state index >= 15 is 0 Å². The molecular weight excluding hydrogens is 199 g/mol. The van der Waals surface area contributed by atoms with Gasteiger partial charge in [0.2, 0.25) is 0 Å². The molecule has 1 heteroatoms. The smallest absolute Gasteiger partial charge is 0.0960 e. The summed E-state index contributed by atoms with van der Waals surface area (Å²) in [5, 5.41) is 0. The molecular formula is C15H21F. The third kappa shape index (κ3) is 3.48. The molecule has 0 aliphatic carbocycles. The van der Waals surface area contributed by atoms with Crippen LogP contribution < -0.4 is 0 Å². The molecule has 0 aliphatic heterocycles. The number of rotatable bonds is 5. The Hall–Kier alpha value is -1.11. The summed E-state index contributed by atoms with van der Waals surface area (Å²) in [6.45, 7) is 9.78. The minimum Gasteiger partial charge on any atom is -0.250 e. The third-order valence-corrected chi connectivity index (χ3v) is 2.72. The van der Waals surface area contributed by atoms with E-state index in [1.165, 1.54) is 5.56 Å². The van der Waals surface area contributed by atoms with Gasteiger partial charge in [-0.1, -0.05) is 51.6 Å². The van der Waals surface area contributed by atoms with Crippen LogP contribution in [0.4, 0.5) is 4.39 Å². The number of alkyl halides is 1. The van der Waals surface area contributed by atoms with Crippen molar-refractivity contribution in [1.29, 1.82) is 0 Å². The molecule has 0 N–H and O–H groups in total. The molecule has 1 aromatic carbocycles. The Morgan fingerprint density at radius 2 is 1.94 bits per heavy atom. The van der Waals surface area contributed by atoms with Gasteiger partial charge in [-0.3, -0.25) is 4.39 Å². The van der Waals surface area contributed by atoms with Crippen LogP contribution in [0.2, 0.25) is 0 Å². The van der Waals surface area contributed by atoms with Crippen molar-refractivity contribution in [3.8, 4) is 0 Å². The number of benzene rings is 1. The summed E-state index contributed by atoms with van der Waals surface area (Å²) in [5.41, 5.74) is 3.45. The van der Waals surface area contributed by atoms with Crippen molar-refractivity contribution in [2.75, 3.05) is 6.67 Å². The van der Waals surface area contributed by atoms with E-state index in [1.807, 2.05) is 19.1 Å². The molecule has 1 rings (SSSR count). The summed E-state index contributed by atoms with van der Waals surface area (Å²) in [6.07, 6.45) is 2.87. The third-order valence-electron chi connectivity index (χ3n) is 2.72. The van der Waals surface area contributed by atoms with Crippen molar-refractivity contribution >= 4 is 6.08 Å². The van der Waals surface area contributed by atoms with Crippen molar-refractivity contribution in [1.82, 2.24) is 0 Å². The topological polar surface area (TPSA) is 0 Å². The zero-order valence-corrected chi connectivity index (χ0v) is 10.5. The van der Waals surface area contributed by atoms with Crippen molar-refractivity contribution in [2.24, 2.45) is 5.92 Å². The van der Waals surface area contributed by atoms with Gasteiger partial charge in [-0.2, -0.15) is 0 Å². The summed E-state index contributed by atoms with van der Waals surface area (Å²) >= 11 is 0. The van der Waals surface area contributed by atoms with Crippen molar-refractivity contribution < 1.29 is 4.39 Å². The van der Waals surface area contributed by atoms with Crippen LogP contribution in [0.5, 0.6) is 0 Å². The van der Waals surface area contributed by atoms with Crippen LogP contribution in [0.3, 0.4) is 0 Å². The molecule has 0 fully saturated rings. The van der Waals surface area contributed by atoms with Gasteiger partial charge in [0.1, 0.15) is 0 Å². The molecule has 0 saturated heterocycles. The highest BCUT2D eigenvalue weighted by molar-refractivity contribution is 5.50. The fraction of sp³-hybridized carbons (Fsp3) is 0.467. The number of hydrogen-bond acceptors (Lipinski definition) is 0. The molecule has 1 atom stereocenters. The van der Waals surface area contributed by atoms with Crippen molar-refractivity contribution in [3.63, 3.8) is 0 Å². The summed E-state index contributed by atoms with van der Waals surface area (Å²) in [4.78, 5) is 0. The molecule has 1 unspecified atom stereocenters. The Morgan fingerprint density at radius 1 is 1.25 bits per heavy atom. The summed E-state index contributed by atoms with van der Waals surface area (Å²) < 4.78 is 12.7. The maximum absolute atomic E-state index is 12.7. The van der Waals surface area contributed by atoms with Crippen LogP contribution in [-0.4, -0.2) is 6.67 Å². The Balaban J connectivity index is 3.05. The fourth-order valence-corrected chi connectivity index (χ4v) is 1.83. The van der Waals surface area contributed by atoms with Crippen LogP contribution in [0.25, 0.3) is 6.08 Å². The molecule has 1 aromatic rings. The second-order valence-corrected chi connectivity index (χ2v) is 4.87.